The highest BCUT2D eigenvalue weighted by atomic mass is 16.6. The standard InChI is InChI=1S/C18H13N3O5/c22-17(12-5-2-1-3-6-12)19-20-18(23)16-10-9-15(26-16)13-7-4-8-14(11-13)21(24)25/h1-11H,(H,19,22)(H,20,23). The van der Waals surface area contributed by atoms with Gasteiger partial charge in [-0.3, -0.25) is 30.6 Å². The number of hydrazine groups is 1. The van der Waals surface area contributed by atoms with Gasteiger partial charge in [0.05, 0.1) is 4.92 Å². The average molecular weight is 351 g/mol. The van der Waals surface area contributed by atoms with Gasteiger partial charge in [0, 0.05) is 23.3 Å². The molecular formula is C18H13N3O5. The van der Waals surface area contributed by atoms with Crippen molar-refractivity contribution in [3.63, 3.8) is 0 Å². The minimum Gasteiger partial charge on any atom is -0.451 e. The Morgan fingerprint density at radius 2 is 1.62 bits per heavy atom. The van der Waals surface area contributed by atoms with Gasteiger partial charge in [-0.1, -0.05) is 30.3 Å². The summed E-state index contributed by atoms with van der Waals surface area (Å²) in [6, 6.07) is 17.2. The molecule has 0 aliphatic rings. The van der Waals surface area contributed by atoms with Gasteiger partial charge in [0.1, 0.15) is 5.76 Å². The average Bonchev–Trinajstić information content (AvgIpc) is 3.17. The topological polar surface area (TPSA) is 114 Å². The molecule has 0 saturated heterocycles. The van der Waals surface area contributed by atoms with Crippen LogP contribution in [0.25, 0.3) is 11.3 Å². The molecule has 130 valence electrons. The molecule has 0 spiro atoms. The van der Waals surface area contributed by atoms with Gasteiger partial charge in [-0.2, -0.15) is 0 Å². The number of rotatable bonds is 4. The third-order valence-electron chi connectivity index (χ3n) is 3.50. The van der Waals surface area contributed by atoms with E-state index in [1.54, 1.807) is 36.4 Å². The van der Waals surface area contributed by atoms with E-state index in [2.05, 4.69) is 10.9 Å². The molecule has 2 aromatic carbocycles. The van der Waals surface area contributed by atoms with Crippen LogP contribution >= 0.6 is 0 Å². The van der Waals surface area contributed by atoms with E-state index in [-0.39, 0.29) is 11.4 Å². The van der Waals surface area contributed by atoms with Crippen molar-refractivity contribution in [1.82, 2.24) is 10.9 Å². The van der Waals surface area contributed by atoms with Gasteiger partial charge in [0.2, 0.25) is 0 Å². The van der Waals surface area contributed by atoms with Gasteiger partial charge in [-0.15, -0.1) is 0 Å². The second-order valence-corrected chi connectivity index (χ2v) is 5.25. The Balaban J connectivity index is 1.67. The zero-order chi connectivity index (χ0) is 18.5. The Kier molecular flexibility index (Phi) is 4.75. The third kappa shape index (κ3) is 3.75. The minimum atomic E-state index is -0.647. The molecular weight excluding hydrogens is 338 g/mol. The summed E-state index contributed by atoms with van der Waals surface area (Å²) in [6.07, 6.45) is 0. The molecule has 0 radical (unpaired) electrons. The molecule has 1 heterocycles. The molecule has 0 unspecified atom stereocenters. The number of carbonyl (C=O) groups excluding carboxylic acids is 2. The number of carbonyl (C=O) groups is 2. The molecule has 2 N–H and O–H groups in total. The fourth-order valence-corrected chi connectivity index (χ4v) is 2.22. The number of non-ortho nitro benzene ring substituents is 1. The SMILES string of the molecule is O=C(NNC(=O)c1ccc(-c2cccc([N+](=O)[O-])c2)o1)c1ccccc1. The first-order chi connectivity index (χ1) is 12.5. The first-order valence-corrected chi connectivity index (χ1v) is 7.55. The number of benzene rings is 2. The number of nitro groups is 1. The molecule has 0 aliphatic carbocycles. The molecule has 0 aliphatic heterocycles. The van der Waals surface area contributed by atoms with Crippen molar-refractivity contribution in [2.75, 3.05) is 0 Å². The molecule has 0 fully saturated rings. The summed E-state index contributed by atoms with van der Waals surface area (Å²) in [5, 5.41) is 10.8. The molecule has 26 heavy (non-hydrogen) atoms. The van der Waals surface area contributed by atoms with Crippen LogP contribution in [0, 0.1) is 10.1 Å². The monoisotopic (exact) mass is 351 g/mol. The summed E-state index contributed by atoms with van der Waals surface area (Å²) < 4.78 is 5.42. The van der Waals surface area contributed by atoms with E-state index in [0.717, 1.165) is 0 Å². The molecule has 8 heteroatoms. The smallest absolute Gasteiger partial charge is 0.305 e. The van der Waals surface area contributed by atoms with Crippen molar-refractivity contribution >= 4 is 17.5 Å². The Morgan fingerprint density at radius 3 is 2.35 bits per heavy atom. The van der Waals surface area contributed by atoms with Gasteiger partial charge in [-0.05, 0) is 24.3 Å². The van der Waals surface area contributed by atoms with E-state index >= 15 is 0 Å². The number of hydrogen-bond acceptors (Lipinski definition) is 5. The molecule has 0 atom stereocenters. The highest BCUT2D eigenvalue weighted by molar-refractivity contribution is 5.98. The zero-order valence-electron chi connectivity index (χ0n) is 13.3. The lowest BCUT2D eigenvalue weighted by Crippen LogP contribution is -2.41. The van der Waals surface area contributed by atoms with E-state index in [1.807, 2.05) is 0 Å². The Bertz CT molecular complexity index is 966. The summed E-state index contributed by atoms with van der Waals surface area (Å²) in [6.45, 7) is 0. The lowest BCUT2D eigenvalue weighted by atomic mass is 10.1. The lowest BCUT2D eigenvalue weighted by Gasteiger charge is -2.05. The largest absolute Gasteiger partial charge is 0.451 e. The van der Waals surface area contributed by atoms with Crippen molar-refractivity contribution in [1.29, 1.82) is 0 Å². The van der Waals surface area contributed by atoms with Gasteiger partial charge in [0.25, 0.3) is 11.6 Å². The second-order valence-electron chi connectivity index (χ2n) is 5.25. The van der Waals surface area contributed by atoms with E-state index in [9.17, 15) is 19.7 Å². The highest BCUT2D eigenvalue weighted by Gasteiger charge is 2.15. The van der Waals surface area contributed by atoms with E-state index < -0.39 is 16.7 Å². The quantitative estimate of drug-likeness (QED) is 0.554. The van der Waals surface area contributed by atoms with E-state index in [1.165, 1.54) is 30.3 Å². The molecule has 3 rings (SSSR count). The summed E-state index contributed by atoms with van der Waals surface area (Å²) in [5.41, 5.74) is 5.31. The van der Waals surface area contributed by atoms with Crippen LogP contribution in [0.1, 0.15) is 20.9 Å². The summed E-state index contributed by atoms with van der Waals surface area (Å²) >= 11 is 0. The zero-order valence-corrected chi connectivity index (χ0v) is 13.3. The predicted molar refractivity (Wildman–Crippen MR) is 92.2 cm³/mol. The van der Waals surface area contributed by atoms with Gasteiger partial charge in [0.15, 0.2) is 5.76 Å². The van der Waals surface area contributed by atoms with Crippen LogP contribution in [0.3, 0.4) is 0 Å². The van der Waals surface area contributed by atoms with E-state index in [4.69, 9.17) is 4.42 Å². The maximum Gasteiger partial charge on any atom is 0.305 e. The van der Waals surface area contributed by atoms with Gasteiger partial charge >= 0.3 is 5.91 Å². The first kappa shape index (κ1) is 16.9. The van der Waals surface area contributed by atoms with Crippen LogP contribution < -0.4 is 10.9 Å². The molecule has 1 aromatic heterocycles. The molecule has 0 bridgehead atoms. The Hall–Kier alpha value is -3.94. The Morgan fingerprint density at radius 1 is 0.885 bits per heavy atom. The molecule has 0 saturated carbocycles. The van der Waals surface area contributed by atoms with Gasteiger partial charge < -0.3 is 4.42 Å². The van der Waals surface area contributed by atoms with Crippen LogP contribution in [-0.2, 0) is 0 Å². The fourth-order valence-electron chi connectivity index (χ4n) is 2.22. The molecule has 3 aromatic rings. The van der Waals surface area contributed by atoms with Crippen molar-refractivity contribution in [3.8, 4) is 11.3 Å². The normalized spacial score (nSPS) is 10.2. The molecule has 2 amide bonds. The van der Waals surface area contributed by atoms with Crippen LogP contribution in [0.15, 0.2) is 71.1 Å². The highest BCUT2D eigenvalue weighted by Crippen LogP contribution is 2.25. The number of hydrogen-bond donors (Lipinski definition) is 2. The summed E-state index contributed by atoms with van der Waals surface area (Å²) in [5.74, 6) is -0.858. The first-order valence-electron chi connectivity index (χ1n) is 7.55. The van der Waals surface area contributed by atoms with Crippen LogP contribution in [0.5, 0.6) is 0 Å². The van der Waals surface area contributed by atoms with Crippen LogP contribution in [-0.4, -0.2) is 16.7 Å². The predicted octanol–water partition coefficient (Wildman–Crippen LogP) is 2.93. The van der Waals surface area contributed by atoms with Crippen molar-refractivity contribution < 1.29 is 18.9 Å². The van der Waals surface area contributed by atoms with Gasteiger partial charge in [-0.25, -0.2) is 0 Å². The maximum atomic E-state index is 12.1. The van der Waals surface area contributed by atoms with Crippen molar-refractivity contribution in [2.24, 2.45) is 0 Å². The number of nitrogens with one attached hydrogen (secondary N) is 2. The van der Waals surface area contributed by atoms with Crippen LogP contribution in [0.2, 0.25) is 0 Å². The number of amides is 2. The van der Waals surface area contributed by atoms with E-state index in [0.29, 0.717) is 16.9 Å². The second kappa shape index (κ2) is 7.31. The van der Waals surface area contributed by atoms with Crippen LogP contribution in [0.4, 0.5) is 5.69 Å². The number of furan rings is 1. The van der Waals surface area contributed by atoms with Crippen molar-refractivity contribution in [3.05, 3.63) is 88.2 Å². The summed E-state index contributed by atoms with van der Waals surface area (Å²) in [4.78, 5) is 34.3. The number of nitro benzene ring substituents is 1. The lowest BCUT2D eigenvalue weighted by molar-refractivity contribution is -0.384. The molecule has 8 nitrogen and oxygen atoms in total. The Labute approximate surface area is 147 Å². The third-order valence-corrected chi connectivity index (χ3v) is 3.50. The minimum absolute atomic E-state index is 0.0418. The maximum absolute atomic E-state index is 12.1. The number of nitrogens with zero attached hydrogens (tertiary/aromatic N) is 1. The fraction of sp³-hybridized carbons (Fsp3) is 0. The summed E-state index contributed by atoms with van der Waals surface area (Å²) in [7, 11) is 0. The van der Waals surface area contributed by atoms with Crippen molar-refractivity contribution in [2.45, 2.75) is 0 Å².